The van der Waals surface area contributed by atoms with E-state index >= 15 is 0 Å². The zero-order valence-electron chi connectivity index (χ0n) is 14.3. The number of non-ortho nitro benzene ring substituents is 1. The average Bonchev–Trinajstić information content (AvgIpc) is 2.58. The first-order chi connectivity index (χ1) is 11.5. The van der Waals surface area contributed by atoms with Gasteiger partial charge in [0.15, 0.2) is 0 Å². The van der Waals surface area contributed by atoms with Crippen LogP contribution in [0.1, 0.15) is 16.7 Å². The molecule has 0 bridgehead atoms. The number of nitro benzene ring substituents is 1. The molecule has 126 valence electrons. The summed E-state index contributed by atoms with van der Waals surface area (Å²) in [4.78, 5) is 14.4. The van der Waals surface area contributed by atoms with Crippen LogP contribution < -0.4 is 9.80 Å². The lowest BCUT2D eigenvalue weighted by molar-refractivity contribution is -0.914. The van der Waals surface area contributed by atoms with Crippen molar-refractivity contribution in [2.24, 2.45) is 0 Å². The fourth-order valence-electron chi connectivity index (χ4n) is 3.32. The zero-order valence-corrected chi connectivity index (χ0v) is 14.3. The van der Waals surface area contributed by atoms with E-state index in [4.69, 9.17) is 0 Å². The number of benzene rings is 2. The van der Waals surface area contributed by atoms with Gasteiger partial charge in [-0.05, 0) is 43.2 Å². The first kappa shape index (κ1) is 16.5. The number of nitrogens with one attached hydrogen (secondary N) is 1. The van der Waals surface area contributed by atoms with Crippen LogP contribution in [0.5, 0.6) is 0 Å². The number of piperazine rings is 1. The number of hydrogen-bond acceptors (Lipinski definition) is 3. The van der Waals surface area contributed by atoms with E-state index in [1.807, 2.05) is 12.1 Å². The standard InChI is InChI=1S/C19H23N3O2/c1-15-3-4-16(2)19(13-15)21-11-9-20(10-12-21)14-17-5-7-18(8-6-17)22(23)24/h3-8,13H,9-12,14H2,1-2H3/p+1. The Kier molecular flexibility index (Phi) is 4.81. The Labute approximate surface area is 142 Å². The topological polar surface area (TPSA) is 50.8 Å². The monoisotopic (exact) mass is 326 g/mol. The van der Waals surface area contributed by atoms with Crippen molar-refractivity contribution in [1.82, 2.24) is 0 Å². The van der Waals surface area contributed by atoms with E-state index < -0.39 is 0 Å². The Morgan fingerprint density at radius 2 is 1.75 bits per heavy atom. The highest BCUT2D eigenvalue weighted by Crippen LogP contribution is 2.21. The second-order valence-electron chi connectivity index (χ2n) is 6.63. The summed E-state index contributed by atoms with van der Waals surface area (Å²) in [5, 5.41) is 10.7. The quantitative estimate of drug-likeness (QED) is 0.692. The predicted octanol–water partition coefficient (Wildman–Crippen LogP) is 2.12. The van der Waals surface area contributed by atoms with Crippen molar-refractivity contribution >= 4 is 11.4 Å². The Morgan fingerprint density at radius 1 is 1.08 bits per heavy atom. The molecule has 1 fully saturated rings. The summed E-state index contributed by atoms with van der Waals surface area (Å²) in [5.74, 6) is 0. The maximum atomic E-state index is 10.7. The zero-order chi connectivity index (χ0) is 17.1. The number of nitro groups is 1. The average molecular weight is 326 g/mol. The molecule has 0 unspecified atom stereocenters. The van der Waals surface area contributed by atoms with Crippen LogP contribution in [0.2, 0.25) is 0 Å². The number of nitrogens with zero attached hydrogens (tertiary/aromatic N) is 2. The van der Waals surface area contributed by atoms with E-state index in [0.717, 1.165) is 38.3 Å². The lowest BCUT2D eigenvalue weighted by Gasteiger charge is -2.34. The van der Waals surface area contributed by atoms with Crippen LogP contribution in [-0.4, -0.2) is 31.1 Å². The molecular weight excluding hydrogens is 302 g/mol. The lowest BCUT2D eigenvalue weighted by atomic mass is 10.1. The highest BCUT2D eigenvalue weighted by Gasteiger charge is 2.21. The summed E-state index contributed by atoms with van der Waals surface area (Å²) in [6.45, 7) is 9.51. The molecule has 1 N–H and O–H groups in total. The summed E-state index contributed by atoms with van der Waals surface area (Å²) in [6.07, 6.45) is 0. The minimum atomic E-state index is -0.348. The van der Waals surface area contributed by atoms with Crippen LogP contribution in [0, 0.1) is 24.0 Å². The SMILES string of the molecule is Cc1ccc(C)c(N2CC[NH+](Cc3ccc([N+](=O)[O-])cc3)CC2)c1. The summed E-state index contributed by atoms with van der Waals surface area (Å²) in [7, 11) is 0. The maximum absolute atomic E-state index is 10.7. The molecule has 5 nitrogen and oxygen atoms in total. The van der Waals surface area contributed by atoms with E-state index in [-0.39, 0.29) is 10.6 Å². The van der Waals surface area contributed by atoms with Crippen LogP contribution in [0.25, 0.3) is 0 Å². The van der Waals surface area contributed by atoms with Crippen LogP contribution >= 0.6 is 0 Å². The molecule has 3 rings (SSSR count). The van der Waals surface area contributed by atoms with E-state index in [1.165, 1.54) is 21.7 Å². The highest BCUT2D eigenvalue weighted by molar-refractivity contribution is 5.55. The molecule has 1 aliphatic rings. The lowest BCUT2D eigenvalue weighted by Crippen LogP contribution is -3.13. The molecule has 0 amide bonds. The van der Waals surface area contributed by atoms with Crippen molar-refractivity contribution in [2.45, 2.75) is 20.4 Å². The summed E-state index contributed by atoms with van der Waals surface area (Å²) >= 11 is 0. The van der Waals surface area contributed by atoms with Crippen molar-refractivity contribution in [3.63, 3.8) is 0 Å². The molecule has 0 radical (unpaired) electrons. The van der Waals surface area contributed by atoms with E-state index in [2.05, 4.69) is 36.9 Å². The highest BCUT2D eigenvalue weighted by atomic mass is 16.6. The number of aryl methyl sites for hydroxylation is 2. The summed E-state index contributed by atoms with van der Waals surface area (Å²) in [6, 6.07) is 13.6. The molecule has 0 atom stereocenters. The van der Waals surface area contributed by atoms with E-state index in [0.29, 0.717) is 0 Å². The molecule has 0 aliphatic carbocycles. The number of anilines is 1. The minimum absolute atomic E-state index is 0.161. The Hall–Kier alpha value is -2.40. The second-order valence-corrected chi connectivity index (χ2v) is 6.63. The smallest absolute Gasteiger partial charge is 0.269 e. The maximum Gasteiger partial charge on any atom is 0.269 e. The first-order valence-electron chi connectivity index (χ1n) is 8.42. The third-order valence-electron chi connectivity index (χ3n) is 4.78. The molecule has 5 heteroatoms. The van der Waals surface area contributed by atoms with Crippen LogP contribution in [0.4, 0.5) is 11.4 Å². The third-order valence-corrected chi connectivity index (χ3v) is 4.78. The van der Waals surface area contributed by atoms with Gasteiger partial charge in [-0.15, -0.1) is 0 Å². The number of quaternary nitrogens is 1. The second kappa shape index (κ2) is 7.01. The van der Waals surface area contributed by atoms with Crippen molar-refractivity contribution in [1.29, 1.82) is 0 Å². The molecule has 1 heterocycles. The van der Waals surface area contributed by atoms with Gasteiger partial charge in [-0.2, -0.15) is 0 Å². The van der Waals surface area contributed by atoms with Gasteiger partial charge in [0.2, 0.25) is 0 Å². The molecule has 2 aromatic rings. The van der Waals surface area contributed by atoms with Crippen LogP contribution in [-0.2, 0) is 6.54 Å². The van der Waals surface area contributed by atoms with Crippen molar-refractivity contribution < 1.29 is 9.82 Å². The molecular formula is C19H24N3O2+. The molecule has 24 heavy (non-hydrogen) atoms. The normalized spacial score (nSPS) is 15.5. The number of hydrogen-bond donors (Lipinski definition) is 1. The van der Waals surface area contributed by atoms with Gasteiger partial charge in [0.05, 0.1) is 31.1 Å². The largest absolute Gasteiger partial charge is 0.360 e. The van der Waals surface area contributed by atoms with E-state index in [9.17, 15) is 10.1 Å². The first-order valence-corrected chi connectivity index (χ1v) is 8.42. The van der Waals surface area contributed by atoms with Crippen molar-refractivity contribution in [2.75, 3.05) is 31.1 Å². The Morgan fingerprint density at radius 3 is 2.38 bits per heavy atom. The van der Waals surface area contributed by atoms with Crippen molar-refractivity contribution in [3.05, 3.63) is 69.3 Å². The molecule has 0 spiro atoms. The minimum Gasteiger partial charge on any atom is -0.360 e. The molecule has 1 saturated heterocycles. The van der Waals surface area contributed by atoms with Gasteiger partial charge in [-0.25, -0.2) is 0 Å². The van der Waals surface area contributed by atoms with Gasteiger partial charge in [0.25, 0.3) is 5.69 Å². The van der Waals surface area contributed by atoms with E-state index in [1.54, 1.807) is 12.1 Å². The summed E-state index contributed by atoms with van der Waals surface area (Å²) in [5.41, 5.74) is 5.31. The molecule has 1 aliphatic heterocycles. The summed E-state index contributed by atoms with van der Waals surface area (Å²) < 4.78 is 0. The number of rotatable bonds is 4. The van der Waals surface area contributed by atoms with Crippen LogP contribution in [0.3, 0.4) is 0 Å². The van der Waals surface area contributed by atoms with Gasteiger partial charge < -0.3 is 9.80 Å². The predicted molar refractivity (Wildman–Crippen MR) is 95.6 cm³/mol. The molecule has 0 saturated carbocycles. The third kappa shape index (κ3) is 3.74. The van der Waals surface area contributed by atoms with Gasteiger partial charge in [-0.3, -0.25) is 10.1 Å². The Bertz CT molecular complexity index is 720. The van der Waals surface area contributed by atoms with Crippen LogP contribution in [0.15, 0.2) is 42.5 Å². The molecule has 2 aromatic carbocycles. The Balaban J connectivity index is 1.59. The van der Waals surface area contributed by atoms with Gasteiger partial charge in [-0.1, -0.05) is 12.1 Å². The van der Waals surface area contributed by atoms with Gasteiger partial charge in [0, 0.05) is 23.4 Å². The molecule has 0 aromatic heterocycles. The fraction of sp³-hybridized carbons (Fsp3) is 0.368. The van der Waals surface area contributed by atoms with Gasteiger partial charge in [0.1, 0.15) is 6.54 Å². The fourth-order valence-corrected chi connectivity index (χ4v) is 3.32. The van der Waals surface area contributed by atoms with Crippen molar-refractivity contribution in [3.8, 4) is 0 Å². The van der Waals surface area contributed by atoms with Gasteiger partial charge >= 0.3 is 0 Å².